The van der Waals surface area contributed by atoms with Gasteiger partial charge in [0.25, 0.3) is 0 Å². The largest absolute Gasteiger partial charge is 0.439 e. The Labute approximate surface area is 188 Å². The number of aliphatic hydroxyl groups excluding tert-OH is 1. The van der Waals surface area contributed by atoms with Crippen LogP contribution >= 0.6 is 0 Å². The van der Waals surface area contributed by atoms with Gasteiger partial charge in [0, 0.05) is 31.7 Å². The molecule has 1 aliphatic carbocycles. The second-order valence-electron chi connectivity index (χ2n) is 8.36. The number of benzene rings is 2. The van der Waals surface area contributed by atoms with Crippen molar-refractivity contribution in [1.29, 1.82) is 0 Å². The molecule has 0 bridgehead atoms. The van der Waals surface area contributed by atoms with Gasteiger partial charge >= 0.3 is 0 Å². The van der Waals surface area contributed by atoms with Crippen molar-refractivity contribution in [2.24, 2.45) is 7.05 Å². The summed E-state index contributed by atoms with van der Waals surface area (Å²) >= 11 is 0. The van der Waals surface area contributed by atoms with E-state index in [0.717, 1.165) is 36.1 Å². The number of rotatable bonds is 11. The van der Waals surface area contributed by atoms with E-state index in [1.807, 2.05) is 43.5 Å². The number of halogens is 1. The average molecular weight is 436 g/mol. The number of aliphatic hydroxyl groups is 1. The summed E-state index contributed by atoms with van der Waals surface area (Å²) in [5.41, 5.74) is 2.83. The smallest absolute Gasteiger partial charge is 0.222 e. The fourth-order valence-electron chi connectivity index (χ4n) is 3.92. The number of ether oxygens (including phenoxy) is 1. The molecule has 1 saturated carbocycles. The van der Waals surface area contributed by atoms with Crippen molar-refractivity contribution in [3.05, 3.63) is 78.6 Å². The van der Waals surface area contributed by atoms with E-state index in [4.69, 9.17) is 9.84 Å². The summed E-state index contributed by atoms with van der Waals surface area (Å²) in [5.74, 6) is 0.877. The van der Waals surface area contributed by atoms with Crippen molar-refractivity contribution < 1.29 is 14.2 Å². The second-order valence-corrected chi connectivity index (χ2v) is 8.36. The maximum Gasteiger partial charge on any atom is 0.222 e. The fourth-order valence-corrected chi connectivity index (χ4v) is 3.92. The van der Waals surface area contributed by atoms with Gasteiger partial charge in [-0.25, -0.2) is 9.07 Å². The molecule has 0 radical (unpaired) electrons. The summed E-state index contributed by atoms with van der Waals surface area (Å²) in [5, 5.41) is 15.3. The third kappa shape index (κ3) is 5.44. The molecule has 1 unspecified atom stereocenters. The van der Waals surface area contributed by atoms with Crippen LogP contribution in [0.3, 0.4) is 0 Å². The van der Waals surface area contributed by atoms with Crippen LogP contribution in [0, 0.1) is 5.82 Å². The zero-order valence-corrected chi connectivity index (χ0v) is 18.5. The van der Waals surface area contributed by atoms with E-state index >= 15 is 0 Å². The fraction of sp³-hybridized carbons (Fsp3) is 0.346. The first-order valence-electron chi connectivity index (χ1n) is 11.1. The summed E-state index contributed by atoms with van der Waals surface area (Å²) in [4.78, 5) is 2.33. The topological polar surface area (TPSA) is 50.5 Å². The van der Waals surface area contributed by atoms with Crippen LogP contribution in [0.15, 0.2) is 67.3 Å². The van der Waals surface area contributed by atoms with Crippen LogP contribution in [0.4, 0.5) is 4.39 Å². The van der Waals surface area contributed by atoms with Gasteiger partial charge in [-0.1, -0.05) is 36.4 Å². The quantitative estimate of drug-likeness (QED) is 0.415. The van der Waals surface area contributed by atoms with Crippen LogP contribution in [0.25, 0.3) is 11.3 Å². The monoisotopic (exact) mass is 435 g/mol. The first-order valence-corrected chi connectivity index (χ1v) is 11.1. The zero-order valence-electron chi connectivity index (χ0n) is 18.5. The Balaban J connectivity index is 1.67. The summed E-state index contributed by atoms with van der Waals surface area (Å²) in [6.07, 6.45) is 5.18. The summed E-state index contributed by atoms with van der Waals surface area (Å²) < 4.78 is 21.3. The summed E-state index contributed by atoms with van der Waals surface area (Å²) in [7, 11) is 1.86. The Morgan fingerprint density at radius 2 is 1.94 bits per heavy atom. The van der Waals surface area contributed by atoms with Gasteiger partial charge in [-0.05, 0) is 49.9 Å². The Morgan fingerprint density at radius 1 is 1.22 bits per heavy atom. The highest BCUT2D eigenvalue weighted by molar-refractivity contribution is 5.65. The molecule has 0 amide bonds. The van der Waals surface area contributed by atoms with E-state index in [1.165, 1.54) is 12.1 Å². The minimum atomic E-state index is -0.410. The second kappa shape index (κ2) is 10.1. The molecule has 3 aromatic rings. The van der Waals surface area contributed by atoms with E-state index in [9.17, 15) is 9.50 Å². The number of aryl methyl sites for hydroxylation is 1. The number of nitrogens with zero attached hydrogens (tertiary/aromatic N) is 3. The van der Waals surface area contributed by atoms with Gasteiger partial charge in [0.2, 0.25) is 5.88 Å². The Bertz CT molecular complexity index is 1030. The normalized spacial score (nSPS) is 14.5. The van der Waals surface area contributed by atoms with Crippen LogP contribution in [-0.4, -0.2) is 38.5 Å². The molecule has 168 valence electrons. The first-order chi connectivity index (χ1) is 15.5. The summed E-state index contributed by atoms with van der Waals surface area (Å²) in [6.45, 7) is 4.97. The molecule has 5 nitrogen and oxygen atoms in total. The lowest BCUT2D eigenvalue weighted by molar-refractivity contribution is 0.0976. The Morgan fingerprint density at radius 3 is 2.59 bits per heavy atom. The highest BCUT2D eigenvalue weighted by Crippen LogP contribution is 2.37. The van der Waals surface area contributed by atoms with E-state index < -0.39 is 6.10 Å². The molecule has 1 aliphatic rings. The number of aromatic nitrogens is 2. The van der Waals surface area contributed by atoms with Crippen molar-refractivity contribution >= 4 is 0 Å². The van der Waals surface area contributed by atoms with E-state index in [1.54, 1.807) is 16.8 Å². The van der Waals surface area contributed by atoms with Gasteiger partial charge in [0.15, 0.2) is 0 Å². The molecule has 1 fully saturated rings. The van der Waals surface area contributed by atoms with Gasteiger partial charge in [0.1, 0.15) is 17.3 Å². The van der Waals surface area contributed by atoms with Crippen molar-refractivity contribution in [1.82, 2.24) is 14.7 Å². The van der Waals surface area contributed by atoms with Crippen LogP contribution in [0.1, 0.15) is 31.2 Å². The third-order valence-electron chi connectivity index (χ3n) is 5.74. The molecule has 0 aliphatic heterocycles. The minimum Gasteiger partial charge on any atom is -0.439 e. The van der Waals surface area contributed by atoms with Crippen molar-refractivity contribution in [2.45, 2.75) is 44.4 Å². The molecule has 6 heteroatoms. The Hall–Kier alpha value is -2.96. The minimum absolute atomic E-state index is 0.305. The van der Waals surface area contributed by atoms with Crippen molar-refractivity contribution in [3.8, 4) is 22.9 Å². The van der Waals surface area contributed by atoms with Crippen LogP contribution < -0.4 is 4.74 Å². The van der Waals surface area contributed by atoms with Gasteiger partial charge in [-0.2, -0.15) is 5.10 Å². The number of allylic oxidation sites excluding steroid dienone is 1. The zero-order chi connectivity index (χ0) is 22.5. The highest BCUT2D eigenvalue weighted by atomic mass is 19.1. The molecule has 1 aromatic heterocycles. The lowest BCUT2D eigenvalue weighted by Gasteiger charge is -2.25. The molecule has 0 saturated heterocycles. The van der Waals surface area contributed by atoms with Crippen LogP contribution in [0.5, 0.6) is 11.6 Å². The predicted octanol–water partition coefficient (Wildman–Crippen LogP) is 5.31. The molecule has 1 atom stereocenters. The van der Waals surface area contributed by atoms with Gasteiger partial charge in [-0.3, -0.25) is 4.90 Å². The lowest BCUT2D eigenvalue weighted by Crippen LogP contribution is -2.34. The molecule has 0 spiro atoms. The Kier molecular flexibility index (Phi) is 7.02. The highest BCUT2D eigenvalue weighted by Gasteiger charge is 2.32. The van der Waals surface area contributed by atoms with Crippen LogP contribution in [0.2, 0.25) is 0 Å². The summed E-state index contributed by atoms with van der Waals surface area (Å²) in [6, 6.07) is 16.5. The maximum atomic E-state index is 13.4. The molecule has 2 aromatic carbocycles. The van der Waals surface area contributed by atoms with E-state index in [-0.39, 0.29) is 5.82 Å². The van der Waals surface area contributed by atoms with Crippen LogP contribution in [-0.2, 0) is 13.6 Å². The average Bonchev–Trinajstić information content (AvgIpc) is 3.60. The lowest BCUT2D eigenvalue weighted by atomic mass is 10.1. The van der Waals surface area contributed by atoms with E-state index in [2.05, 4.69) is 11.5 Å². The standard InChI is InChI=1S/C26H30FN3O2/c1-3-4-10-22(31)17-30(21-13-14-21)18-24-25(19-8-6-5-7-9-19)28-29(2)26(24)32-23-15-11-20(27)12-16-23/h3,5-9,11-12,15-16,21-22,31H,1,4,10,13-14,17-18H2,2H3. The molecule has 4 rings (SSSR count). The molecule has 1 heterocycles. The predicted molar refractivity (Wildman–Crippen MR) is 124 cm³/mol. The maximum absolute atomic E-state index is 13.4. The van der Waals surface area contributed by atoms with Crippen molar-refractivity contribution in [3.63, 3.8) is 0 Å². The van der Waals surface area contributed by atoms with Gasteiger partial charge < -0.3 is 9.84 Å². The molecule has 1 N–H and O–H groups in total. The molecular weight excluding hydrogens is 405 g/mol. The first kappa shape index (κ1) is 22.2. The van der Waals surface area contributed by atoms with E-state index in [0.29, 0.717) is 37.2 Å². The number of hydrogen-bond donors (Lipinski definition) is 1. The third-order valence-corrected chi connectivity index (χ3v) is 5.74. The SMILES string of the molecule is C=CCCC(O)CN(Cc1c(-c2ccccc2)nn(C)c1Oc1ccc(F)cc1)C1CC1. The van der Waals surface area contributed by atoms with Gasteiger partial charge in [-0.15, -0.1) is 6.58 Å². The van der Waals surface area contributed by atoms with Gasteiger partial charge in [0.05, 0.1) is 11.7 Å². The molecule has 32 heavy (non-hydrogen) atoms. The van der Waals surface area contributed by atoms with Crippen molar-refractivity contribution in [2.75, 3.05) is 6.54 Å². The number of hydrogen-bond acceptors (Lipinski definition) is 4. The molecular formula is C26H30FN3O2.